The van der Waals surface area contributed by atoms with Crippen molar-refractivity contribution in [2.75, 3.05) is 13.2 Å². The summed E-state index contributed by atoms with van der Waals surface area (Å²) < 4.78 is 54.0. The summed E-state index contributed by atoms with van der Waals surface area (Å²) in [7, 11) is 0. The summed E-state index contributed by atoms with van der Waals surface area (Å²) in [6, 6.07) is 0. The normalized spacial score (nSPS) is 13.1. The summed E-state index contributed by atoms with van der Waals surface area (Å²) in [5.41, 5.74) is 0. The molecule has 0 aromatic heterocycles. The number of hydrogen-bond acceptors (Lipinski definition) is 3. The Morgan fingerprint density at radius 2 is 1.73 bits per heavy atom. The minimum atomic E-state index is -4.59. The summed E-state index contributed by atoms with van der Waals surface area (Å²) in [6.07, 6.45) is 0. The molecule has 0 saturated heterocycles. The summed E-state index contributed by atoms with van der Waals surface area (Å²) >= 11 is 0. The lowest BCUT2D eigenvalue weighted by atomic mass is 10.2. The third-order valence-corrected chi connectivity index (χ3v) is 1.60. The first kappa shape index (κ1) is 14.2. The van der Waals surface area contributed by atoms with Crippen molar-refractivity contribution in [3.8, 4) is 0 Å². The minimum Gasteiger partial charge on any atom is -0.459 e. The first-order chi connectivity index (χ1) is 6.64. The lowest BCUT2D eigenvalue weighted by Gasteiger charge is -2.24. The van der Waals surface area contributed by atoms with Crippen molar-refractivity contribution in [3.05, 3.63) is 0 Å². The Hall–Kier alpha value is -0.850. The number of ether oxygens (including phenoxy) is 1. The molecular weight excluding hydrogens is 220 g/mol. The fourth-order valence-corrected chi connectivity index (χ4v) is 0.550. The van der Waals surface area contributed by atoms with Gasteiger partial charge in [-0.05, 0) is 0 Å². The molecule has 0 amide bonds. The van der Waals surface area contributed by atoms with Gasteiger partial charge < -0.3 is 9.84 Å². The Kier molecular flexibility index (Phi) is 4.51. The molecule has 0 rings (SSSR count). The molecule has 0 heterocycles. The SMILES string of the molecule is CC(C)C(=O)OCC(F)(F)C(F)(F)CO. The zero-order valence-corrected chi connectivity index (χ0v) is 8.27. The van der Waals surface area contributed by atoms with Gasteiger partial charge in [0.2, 0.25) is 0 Å². The molecule has 7 heteroatoms. The van der Waals surface area contributed by atoms with Crippen molar-refractivity contribution in [1.29, 1.82) is 0 Å². The van der Waals surface area contributed by atoms with Gasteiger partial charge in [-0.1, -0.05) is 13.8 Å². The maximum Gasteiger partial charge on any atom is 0.345 e. The third kappa shape index (κ3) is 3.65. The fraction of sp³-hybridized carbons (Fsp3) is 0.875. The fourth-order valence-electron chi connectivity index (χ4n) is 0.550. The summed E-state index contributed by atoms with van der Waals surface area (Å²) in [4.78, 5) is 10.7. The molecule has 0 aromatic carbocycles. The van der Waals surface area contributed by atoms with Crippen LogP contribution in [0.25, 0.3) is 0 Å². The number of carbonyl (C=O) groups is 1. The predicted octanol–water partition coefficient (Wildman–Crippen LogP) is 1.45. The van der Waals surface area contributed by atoms with Gasteiger partial charge >= 0.3 is 17.8 Å². The van der Waals surface area contributed by atoms with Crippen LogP contribution in [0.3, 0.4) is 0 Å². The number of aliphatic hydroxyl groups excluding tert-OH is 1. The van der Waals surface area contributed by atoms with Crippen molar-refractivity contribution >= 4 is 5.97 Å². The van der Waals surface area contributed by atoms with Gasteiger partial charge in [-0.25, -0.2) is 0 Å². The molecule has 0 unspecified atom stereocenters. The highest BCUT2D eigenvalue weighted by atomic mass is 19.3. The van der Waals surface area contributed by atoms with Crippen LogP contribution in [0.4, 0.5) is 17.6 Å². The molecular formula is C8H12F4O3. The second kappa shape index (κ2) is 4.78. The number of carbonyl (C=O) groups excluding carboxylic acids is 1. The Morgan fingerprint density at radius 1 is 1.27 bits per heavy atom. The first-order valence-electron chi connectivity index (χ1n) is 4.17. The molecule has 0 aliphatic rings. The quantitative estimate of drug-likeness (QED) is 0.576. The minimum absolute atomic E-state index is 0.677. The number of esters is 1. The Labute approximate surface area is 84.0 Å². The van der Waals surface area contributed by atoms with Gasteiger partial charge in [0.25, 0.3) is 0 Å². The Bertz CT molecular complexity index is 228. The average Bonchev–Trinajstić information content (AvgIpc) is 2.13. The zero-order chi connectivity index (χ0) is 12.3. The van der Waals surface area contributed by atoms with Gasteiger partial charge in [0.1, 0.15) is 6.61 Å². The standard InChI is InChI=1S/C8H12F4O3/c1-5(2)6(14)15-4-8(11,12)7(9,10)3-13/h5,13H,3-4H2,1-2H3. The van der Waals surface area contributed by atoms with Crippen molar-refractivity contribution in [2.24, 2.45) is 5.92 Å². The number of rotatable bonds is 5. The summed E-state index contributed by atoms with van der Waals surface area (Å²) in [6.45, 7) is -0.980. The van der Waals surface area contributed by atoms with E-state index in [1.807, 2.05) is 0 Å². The molecule has 0 atom stereocenters. The molecule has 0 radical (unpaired) electrons. The van der Waals surface area contributed by atoms with Gasteiger partial charge in [0.05, 0.1) is 5.92 Å². The van der Waals surface area contributed by atoms with E-state index in [1.54, 1.807) is 0 Å². The van der Waals surface area contributed by atoms with Crippen LogP contribution in [0.1, 0.15) is 13.8 Å². The van der Waals surface area contributed by atoms with Crippen LogP contribution in [0, 0.1) is 5.92 Å². The number of alkyl halides is 4. The van der Waals surface area contributed by atoms with Gasteiger partial charge in [-0.15, -0.1) is 0 Å². The zero-order valence-electron chi connectivity index (χ0n) is 8.27. The van der Waals surface area contributed by atoms with Crippen LogP contribution in [0.2, 0.25) is 0 Å². The summed E-state index contributed by atoms with van der Waals surface area (Å²) in [5.74, 6) is -10.8. The van der Waals surface area contributed by atoms with Gasteiger partial charge in [-0.3, -0.25) is 4.79 Å². The second-order valence-corrected chi connectivity index (χ2v) is 3.33. The van der Waals surface area contributed by atoms with Gasteiger partial charge in [0.15, 0.2) is 6.61 Å². The maximum atomic E-state index is 12.6. The molecule has 0 saturated carbocycles. The van der Waals surface area contributed by atoms with Crippen molar-refractivity contribution in [3.63, 3.8) is 0 Å². The number of hydrogen-bond donors (Lipinski definition) is 1. The highest BCUT2D eigenvalue weighted by Crippen LogP contribution is 2.33. The lowest BCUT2D eigenvalue weighted by molar-refractivity contribution is -0.244. The molecule has 0 aliphatic heterocycles. The number of halogens is 4. The van der Waals surface area contributed by atoms with E-state index in [-0.39, 0.29) is 0 Å². The van der Waals surface area contributed by atoms with E-state index in [9.17, 15) is 22.4 Å². The van der Waals surface area contributed by atoms with Gasteiger partial charge in [-0.2, -0.15) is 17.6 Å². The van der Waals surface area contributed by atoms with Crippen LogP contribution in [-0.2, 0) is 9.53 Å². The predicted molar refractivity (Wildman–Crippen MR) is 42.8 cm³/mol. The van der Waals surface area contributed by atoms with E-state index in [2.05, 4.69) is 4.74 Å². The molecule has 0 bridgehead atoms. The summed E-state index contributed by atoms with van der Waals surface area (Å²) in [5, 5.41) is 8.03. The lowest BCUT2D eigenvalue weighted by Crippen LogP contribution is -2.47. The van der Waals surface area contributed by atoms with E-state index >= 15 is 0 Å². The van der Waals surface area contributed by atoms with Crippen molar-refractivity contribution in [1.82, 2.24) is 0 Å². The van der Waals surface area contributed by atoms with E-state index in [4.69, 9.17) is 5.11 Å². The van der Waals surface area contributed by atoms with Crippen molar-refractivity contribution < 1.29 is 32.2 Å². The molecule has 0 fully saturated rings. The molecule has 0 spiro atoms. The third-order valence-electron chi connectivity index (χ3n) is 1.60. The Balaban J connectivity index is 4.34. The molecule has 90 valence electrons. The molecule has 0 aliphatic carbocycles. The van der Waals surface area contributed by atoms with E-state index in [0.29, 0.717) is 0 Å². The van der Waals surface area contributed by atoms with Crippen LogP contribution in [0.15, 0.2) is 0 Å². The average molecular weight is 232 g/mol. The topological polar surface area (TPSA) is 46.5 Å². The van der Waals surface area contributed by atoms with Crippen molar-refractivity contribution in [2.45, 2.75) is 25.7 Å². The highest BCUT2D eigenvalue weighted by molar-refractivity contribution is 5.71. The molecule has 15 heavy (non-hydrogen) atoms. The highest BCUT2D eigenvalue weighted by Gasteiger charge is 2.56. The largest absolute Gasteiger partial charge is 0.459 e. The van der Waals surface area contributed by atoms with E-state index in [0.717, 1.165) is 0 Å². The Morgan fingerprint density at radius 3 is 2.07 bits per heavy atom. The monoisotopic (exact) mass is 232 g/mol. The smallest absolute Gasteiger partial charge is 0.345 e. The van der Waals surface area contributed by atoms with Crippen LogP contribution < -0.4 is 0 Å². The number of aliphatic hydroxyl groups is 1. The van der Waals surface area contributed by atoms with E-state index in [1.165, 1.54) is 13.8 Å². The van der Waals surface area contributed by atoms with E-state index < -0.39 is 36.9 Å². The molecule has 3 nitrogen and oxygen atoms in total. The van der Waals surface area contributed by atoms with Crippen LogP contribution >= 0.6 is 0 Å². The van der Waals surface area contributed by atoms with Gasteiger partial charge in [0, 0.05) is 0 Å². The first-order valence-corrected chi connectivity index (χ1v) is 4.17. The van der Waals surface area contributed by atoms with Crippen LogP contribution in [0.5, 0.6) is 0 Å². The molecule has 0 aromatic rings. The van der Waals surface area contributed by atoms with Crippen LogP contribution in [-0.4, -0.2) is 36.1 Å². The maximum absolute atomic E-state index is 12.6. The second-order valence-electron chi connectivity index (χ2n) is 3.33. The molecule has 1 N–H and O–H groups in total.